The van der Waals surface area contributed by atoms with E-state index in [1.54, 1.807) is 24.7 Å². The van der Waals surface area contributed by atoms with Gasteiger partial charge < -0.3 is 15.7 Å². The van der Waals surface area contributed by atoms with Crippen LogP contribution in [-0.2, 0) is 0 Å². The van der Waals surface area contributed by atoms with Crippen molar-refractivity contribution in [2.45, 2.75) is 0 Å². The van der Waals surface area contributed by atoms with Gasteiger partial charge in [-0.3, -0.25) is 4.98 Å². The topological polar surface area (TPSA) is 95.8 Å². The molecule has 0 fully saturated rings. The van der Waals surface area contributed by atoms with Crippen molar-refractivity contribution in [1.82, 2.24) is 19.9 Å². The van der Waals surface area contributed by atoms with E-state index >= 15 is 0 Å². The molecular weight excluding hydrogens is 220 g/mol. The maximum Gasteiger partial charge on any atom is 0.150 e. The minimum absolute atomic E-state index is 0.0525. The van der Waals surface area contributed by atoms with Crippen LogP contribution < -0.4 is 10.6 Å². The number of anilines is 3. The maximum atomic E-state index is 8.69. The molecule has 0 amide bonds. The zero-order chi connectivity index (χ0) is 11.9. The largest absolute Gasteiger partial charge is 0.395 e. The van der Waals surface area contributed by atoms with Crippen molar-refractivity contribution < 1.29 is 5.11 Å². The molecule has 0 aromatic carbocycles. The third-order valence-corrected chi connectivity index (χ3v) is 1.90. The number of hydrogen-bond acceptors (Lipinski definition) is 7. The van der Waals surface area contributed by atoms with Gasteiger partial charge in [0.15, 0.2) is 0 Å². The molecular formula is C10H12N6O. The Hall–Kier alpha value is -2.28. The molecule has 0 radical (unpaired) electrons. The number of aromatic nitrogens is 4. The van der Waals surface area contributed by atoms with Gasteiger partial charge >= 0.3 is 0 Å². The predicted molar refractivity (Wildman–Crippen MR) is 62.9 cm³/mol. The van der Waals surface area contributed by atoms with E-state index in [0.717, 1.165) is 0 Å². The van der Waals surface area contributed by atoms with Gasteiger partial charge in [0.2, 0.25) is 0 Å². The summed E-state index contributed by atoms with van der Waals surface area (Å²) in [7, 11) is 0. The Balaban J connectivity index is 2.06. The third kappa shape index (κ3) is 3.35. The van der Waals surface area contributed by atoms with Crippen LogP contribution in [0.2, 0.25) is 0 Å². The van der Waals surface area contributed by atoms with Gasteiger partial charge in [-0.2, -0.15) is 0 Å². The molecule has 0 saturated carbocycles. The summed E-state index contributed by atoms with van der Waals surface area (Å²) in [6, 6.07) is 1.73. The van der Waals surface area contributed by atoms with Gasteiger partial charge in [0.1, 0.15) is 23.8 Å². The lowest BCUT2D eigenvalue weighted by Gasteiger charge is -2.06. The Bertz CT molecular complexity index is 463. The SMILES string of the molecule is OCCNc1cc(Nc2cnccn2)ncn1. The average Bonchev–Trinajstić information content (AvgIpc) is 2.38. The minimum atomic E-state index is 0.0525. The molecule has 0 aliphatic heterocycles. The van der Waals surface area contributed by atoms with Gasteiger partial charge in [0.25, 0.3) is 0 Å². The molecule has 0 aliphatic rings. The normalized spacial score (nSPS) is 9.94. The second-order valence-electron chi connectivity index (χ2n) is 3.15. The molecule has 0 bridgehead atoms. The van der Waals surface area contributed by atoms with Crippen LogP contribution in [0.3, 0.4) is 0 Å². The molecule has 2 heterocycles. The molecule has 0 aliphatic carbocycles. The number of aliphatic hydroxyl groups is 1. The number of rotatable bonds is 5. The molecule has 7 heteroatoms. The second kappa shape index (κ2) is 5.71. The number of hydrogen-bond donors (Lipinski definition) is 3. The lowest BCUT2D eigenvalue weighted by atomic mass is 10.5. The van der Waals surface area contributed by atoms with Crippen LogP contribution in [0.1, 0.15) is 0 Å². The monoisotopic (exact) mass is 232 g/mol. The molecule has 7 nitrogen and oxygen atoms in total. The Morgan fingerprint density at radius 2 is 1.94 bits per heavy atom. The smallest absolute Gasteiger partial charge is 0.150 e. The summed E-state index contributed by atoms with van der Waals surface area (Å²) in [6.45, 7) is 0.499. The van der Waals surface area contributed by atoms with Crippen LogP contribution in [-0.4, -0.2) is 38.2 Å². The van der Waals surface area contributed by atoms with E-state index < -0.39 is 0 Å². The summed E-state index contributed by atoms with van der Waals surface area (Å²) < 4.78 is 0. The first-order valence-corrected chi connectivity index (χ1v) is 5.08. The van der Waals surface area contributed by atoms with Gasteiger partial charge in [-0.05, 0) is 0 Å². The molecule has 0 atom stereocenters. The number of nitrogens with one attached hydrogen (secondary N) is 2. The van der Waals surface area contributed by atoms with Crippen molar-refractivity contribution in [3.63, 3.8) is 0 Å². The van der Waals surface area contributed by atoms with E-state index in [1.807, 2.05) is 0 Å². The Morgan fingerprint density at radius 1 is 1.06 bits per heavy atom. The maximum absolute atomic E-state index is 8.69. The fourth-order valence-electron chi connectivity index (χ4n) is 1.20. The quantitative estimate of drug-likeness (QED) is 0.687. The predicted octanol–water partition coefficient (Wildman–Crippen LogP) is 0.414. The summed E-state index contributed by atoms with van der Waals surface area (Å²) in [5.74, 6) is 1.86. The second-order valence-corrected chi connectivity index (χ2v) is 3.15. The molecule has 0 saturated heterocycles. The highest BCUT2D eigenvalue weighted by molar-refractivity contribution is 5.54. The lowest BCUT2D eigenvalue weighted by Crippen LogP contribution is -2.07. The summed E-state index contributed by atoms with van der Waals surface area (Å²) >= 11 is 0. The molecule has 2 rings (SSSR count). The van der Waals surface area contributed by atoms with Crippen molar-refractivity contribution in [2.75, 3.05) is 23.8 Å². The first-order chi connectivity index (χ1) is 8.38. The number of nitrogens with zero attached hydrogens (tertiary/aromatic N) is 4. The van der Waals surface area contributed by atoms with Crippen molar-refractivity contribution in [2.24, 2.45) is 0 Å². The summed E-state index contributed by atoms with van der Waals surface area (Å²) in [6.07, 6.45) is 6.22. The Kier molecular flexibility index (Phi) is 3.77. The number of aliphatic hydroxyl groups excluding tert-OH is 1. The highest BCUT2D eigenvalue weighted by atomic mass is 16.3. The zero-order valence-electron chi connectivity index (χ0n) is 9.04. The fourth-order valence-corrected chi connectivity index (χ4v) is 1.20. The summed E-state index contributed by atoms with van der Waals surface area (Å²) in [5, 5.41) is 14.6. The van der Waals surface area contributed by atoms with E-state index in [4.69, 9.17) is 5.11 Å². The molecule has 17 heavy (non-hydrogen) atoms. The zero-order valence-corrected chi connectivity index (χ0v) is 9.04. The van der Waals surface area contributed by atoms with E-state index in [-0.39, 0.29) is 6.61 Å². The average molecular weight is 232 g/mol. The summed E-state index contributed by atoms with van der Waals surface area (Å²) in [4.78, 5) is 16.1. The van der Waals surface area contributed by atoms with Crippen molar-refractivity contribution in [3.05, 3.63) is 31.0 Å². The molecule has 3 N–H and O–H groups in total. The molecule has 2 aromatic heterocycles. The van der Waals surface area contributed by atoms with Gasteiger partial charge in [-0.1, -0.05) is 0 Å². The van der Waals surface area contributed by atoms with Crippen LogP contribution >= 0.6 is 0 Å². The van der Waals surface area contributed by atoms with Crippen LogP contribution in [0.25, 0.3) is 0 Å². The molecule has 2 aromatic rings. The van der Waals surface area contributed by atoms with Gasteiger partial charge in [-0.15, -0.1) is 0 Å². The molecule has 88 valence electrons. The Labute approximate surface area is 98.0 Å². The first kappa shape index (κ1) is 11.2. The van der Waals surface area contributed by atoms with Crippen LogP contribution in [0.5, 0.6) is 0 Å². The van der Waals surface area contributed by atoms with E-state index in [9.17, 15) is 0 Å². The molecule has 0 unspecified atom stereocenters. The summed E-state index contributed by atoms with van der Waals surface area (Å²) in [5.41, 5.74) is 0. The van der Waals surface area contributed by atoms with E-state index in [1.165, 1.54) is 6.33 Å². The van der Waals surface area contributed by atoms with Crippen molar-refractivity contribution in [1.29, 1.82) is 0 Å². The van der Waals surface area contributed by atoms with Crippen LogP contribution in [0.4, 0.5) is 17.5 Å². The lowest BCUT2D eigenvalue weighted by molar-refractivity contribution is 0.311. The van der Waals surface area contributed by atoms with Crippen molar-refractivity contribution in [3.8, 4) is 0 Å². The van der Waals surface area contributed by atoms with Gasteiger partial charge in [0.05, 0.1) is 12.8 Å². The third-order valence-electron chi connectivity index (χ3n) is 1.90. The molecule has 0 spiro atoms. The highest BCUT2D eigenvalue weighted by Gasteiger charge is 1.99. The highest BCUT2D eigenvalue weighted by Crippen LogP contribution is 2.12. The van der Waals surface area contributed by atoms with Crippen molar-refractivity contribution >= 4 is 17.5 Å². The Morgan fingerprint density at radius 3 is 2.71 bits per heavy atom. The van der Waals surface area contributed by atoms with Gasteiger partial charge in [-0.25, -0.2) is 15.0 Å². The fraction of sp³-hybridized carbons (Fsp3) is 0.200. The first-order valence-electron chi connectivity index (χ1n) is 5.08. The van der Waals surface area contributed by atoms with Crippen LogP contribution in [0.15, 0.2) is 31.0 Å². The van der Waals surface area contributed by atoms with Gasteiger partial charge in [0, 0.05) is 25.0 Å². The standard InChI is InChI=1S/C10H12N6O/c17-4-3-13-8-5-9(15-7-14-8)16-10-6-11-1-2-12-10/h1-2,5-7,17H,3-4H2,(H2,12,13,14,15,16). The van der Waals surface area contributed by atoms with Crippen LogP contribution in [0, 0.1) is 0 Å². The van der Waals surface area contributed by atoms with E-state index in [2.05, 4.69) is 30.6 Å². The van der Waals surface area contributed by atoms with E-state index in [0.29, 0.717) is 24.0 Å². The minimum Gasteiger partial charge on any atom is -0.395 e.